The van der Waals surface area contributed by atoms with Gasteiger partial charge in [-0.1, -0.05) is 72.9 Å². The average Bonchev–Trinajstić information content (AvgIpc) is 3.31. The smallest absolute Gasteiger partial charge is 0.0655 e. The normalized spacial score (nSPS) is 27.5. The highest BCUT2D eigenvalue weighted by Crippen LogP contribution is 2.53. The first kappa shape index (κ1) is 19.7. The Morgan fingerprint density at radius 3 is 2.59 bits per heavy atom. The van der Waals surface area contributed by atoms with Crippen LogP contribution in [0.2, 0.25) is 0 Å². The van der Waals surface area contributed by atoms with Crippen LogP contribution in [0.5, 0.6) is 0 Å². The van der Waals surface area contributed by atoms with Crippen LogP contribution in [-0.2, 0) is 5.41 Å². The summed E-state index contributed by atoms with van der Waals surface area (Å²) in [5, 5.41) is 3.76. The number of allylic oxidation sites excluding steroid dienone is 4. The molecule has 3 atom stereocenters. The van der Waals surface area contributed by atoms with Crippen LogP contribution in [0.15, 0.2) is 109 Å². The van der Waals surface area contributed by atoms with Gasteiger partial charge >= 0.3 is 0 Å². The van der Waals surface area contributed by atoms with Crippen molar-refractivity contribution >= 4 is 22.6 Å². The minimum Gasteiger partial charge on any atom is -0.375 e. The number of para-hydroxylation sites is 1. The van der Waals surface area contributed by atoms with E-state index in [0.717, 1.165) is 6.42 Å². The van der Waals surface area contributed by atoms with E-state index in [0.29, 0.717) is 0 Å². The Hall–Kier alpha value is -3.78. The van der Waals surface area contributed by atoms with Crippen LogP contribution in [-0.4, -0.2) is 11.6 Å². The summed E-state index contributed by atoms with van der Waals surface area (Å²) in [6.45, 7) is 4.68. The number of anilines is 3. The zero-order valence-corrected chi connectivity index (χ0v) is 19.6. The van der Waals surface area contributed by atoms with E-state index in [2.05, 4.69) is 133 Å². The fourth-order valence-corrected chi connectivity index (χ4v) is 6.34. The van der Waals surface area contributed by atoms with Crippen LogP contribution >= 0.6 is 0 Å². The van der Waals surface area contributed by atoms with E-state index in [4.69, 9.17) is 0 Å². The molecule has 3 aromatic carbocycles. The lowest BCUT2D eigenvalue weighted by Gasteiger charge is -2.34. The van der Waals surface area contributed by atoms with Crippen LogP contribution in [0.4, 0.5) is 17.1 Å². The number of rotatable bonds is 2. The van der Waals surface area contributed by atoms with Crippen molar-refractivity contribution in [2.24, 2.45) is 0 Å². The lowest BCUT2D eigenvalue weighted by atomic mass is 9.75. The zero-order chi connectivity index (χ0) is 22.9. The molecule has 3 unspecified atom stereocenters. The first-order chi connectivity index (χ1) is 16.6. The van der Waals surface area contributed by atoms with Crippen molar-refractivity contribution in [3.8, 4) is 11.1 Å². The average molecular weight is 441 g/mol. The van der Waals surface area contributed by atoms with Crippen LogP contribution in [0, 0.1) is 0 Å². The predicted octanol–water partition coefficient (Wildman–Crippen LogP) is 7.79. The number of benzene rings is 3. The number of nitrogens with one attached hydrogen (secondary N) is 1. The van der Waals surface area contributed by atoms with Crippen molar-refractivity contribution in [1.82, 2.24) is 0 Å². The third-order valence-corrected chi connectivity index (χ3v) is 8.18. The molecule has 0 bridgehead atoms. The summed E-state index contributed by atoms with van der Waals surface area (Å²) in [7, 11) is 0. The topological polar surface area (TPSA) is 15.3 Å². The van der Waals surface area contributed by atoms with E-state index in [1.807, 2.05) is 0 Å². The molecule has 0 radical (unpaired) electrons. The molecule has 4 aliphatic rings. The highest BCUT2D eigenvalue weighted by molar-refractivity contribution is 5.93. The zero-order valence-electron chi connectivity index (χ0n) is 19.6. The summed E-state index contributed by atoms with van der Waals surface area (Å²) in [4.78, 5) is 2.50. The molecule has 2 heteroatoms. The van der Waals surface area contributed by atoms with Crippen molar-refractivity contribution in [3.05, 3.63) is 120 Å². The Bertz CT molecular complexity index is 1440. The predicted molar refractivity (Wildman–Crippen MR) is 144 cm³/mol. The molecule has 34 heavy (non-hydrogen) atoms. The minimum absolute atomic E-state index is 0.00372. The quantitative estimate of drug-likeness (QED) is 0.437. The fourth-order valence-electron chi connectivity index (χ4n) is 6.34. The third kappa shape index (κ3) is 2.63. The van der Waals surface area contributed by atoms with Crippen molar-refractivity contribution in [3.63, 3.8) is 0 Å². The monoisotopic (exact) mass is 440 g/mol. The van der Waals surface area contributed by atoms with Crippen molar-refractivity contribution < 1.29 is 0 Å². The summed E-state index contributed by atoms with van der Waals surface area (Å²) in [6.07, 6.45) is 16.9. The highest BCUT2D eigenvalue weighted by Gasteiger charge is 2.46. The molecule has 2 aliphatic heterocycles. The Labute approximate surface area is 201 Å². The summed E-state index contributed by atoms with van der Waals surface area (Å²) >= 11 is 0. The minimum atomic E-state index is -0.0660. The molecule has 0 amide bonds. The molecular formula is C32H28N2. The Balaban J connectivity index is 1.36. The first-order valence-electron chi connectivity index (χ1n) is 12.2. The van der Waals surface area contributed by atoms with Gasteiger partial charge in [0, 0.05) is 28.0 Å². The van der Waals surface area contributed by atoms with Crippen molar-refractivity contribution in [1.29, 1.82) is 0 Å². The Kier molecular flexibility index (Phi) is 3.97. The number of nitrogens with zero attached hydrogens (tertiary/aromatic N) is 1. The van der Waals surface area contributed by atoms with Gasteiger partial charge in [0.1, 0.15) is 0 Å². The van der Waals surface area contributed by atoms with Crippen LogP contribution < -0.4 is 10.2 Å². The third-order valence-electron chi connectivity index (χ3n) is 8.18. The number of fused-ring (bicyclic) bond motifs is 6. The van der Waals surface area contributed by atoms with Crippen molar-refractivity contribution in [2.45, 2.75) is 37.3 Å². The highest BCUT2D eigenvalue weighted by atomic mass is 15.2. The van der Waals surface area contributed by atoms with Gasteiger partial charge in [0.25, 0.3) is 0 Å². The maximum atomic E-state index is 3.76. The standard InChI is InChI=1S/C32H28N2/c1-31-18-8-7-13-30(31)34(24-10-4-3-5-11-24)29-17-15-23(21-27(29)31)22-14-16-28-25(20-22)26-12-6-9-19-32(26,2)33-28/h3-18,20-21,30,33H,19H2,1-2H3. The van der Waals surface area contributed by atoms with E-state index in [9.17, 15) is 0 Å². The molecule has 2 aliphatic carbocycles. The Morgan fingerprint density at radius 2 is 1.71 bits per heavy atom. The van der Waals surface area contributed by atoms with Crippen LogP contribution in [0.25, 0.3) is 16.7 Å². The lowest BCUT2D eigenvalue weighted by Crippen LogP contribution is -2.39. The Morgan fingerprint density at radius 1 is 0.882 bits per heavy atom. The molecule has 166 valence electrons. The maximum Gasteiger partial charge on any atom is 0.0655 e. The maximum absolute atomic E-state index is 3.76. The summed E-state index contributed by atoms with van der Waals surface area (Å²) in [5.41, 5.74) is 10.4. The number of hydrogen-bond donors (Lipinski definition) is 1. The molecule has 0 saturated carbocycles. The molecule has 0 spiro atoms. The van der Waals surface area contributed by atoms with Gasteiger partial charge in [0.15, 0.2) is 0 Å². The van der Waals surface area contributed by atoms with Gasteiger partial charge in [-0.2, -0.15) is 0 Å². The van der Waals surface area contributed by atoms with Gasteiger partial charge in [0.05, 0.1) is 11.6 Å². The second kappa shape index (κ2) is 6.87. The molecule has 2 heterocycles. The second-order valence-corrected chi connectivity index (χ2v) is 10.3. The van der Waals surface area contributed by atoms with E-state index < -0.39 is 0 Å². The van der Waals surface area contributed by atoms with E-state index in [-0.39, 0.29) is 17.0 Å². The molecule has 7 rings (SSSR count). The van der Waals surface area contributed by atoms with Gasteiger partial charge in [0.2, 0.25) is 0 Å². The van der Waals surface area contributed by atoms with E-state index in [1.54, 1.807) is 0 Å². The number of hydrogen-bond acceptors (Lipinski definition) is 2. The first-order valence-corrected chi connectivity index (χ1v) is 12.2. The van der Waals surface area contributed by atoms with E-state index in [1.165, 1.54) is 44.9 Å². The molecular weight excluding hydrogens is 412 g/mol. The SMILES string of the molecule is CC12CC=CC=C1c1cc(-c3ccc4c(c3)C3(C)C=CC=CC3N4c3ccccc3)ccc1N2. The van der Waals surface area contributed by atoms with E-state index >= 15 is 0 Å². The summed E-state index contributed by atoms with van der Waals surface area (Å²) < 4.78 is 0. The summed E-state index contributed by atoms with van der Waals surface area (Å²) in [6, 6.07) is 25.0. The molecule has 0 saturated heterocycles. The molecule has 3 aromatic rings. The van der Waals surface area contributed by atoms with Crippen molar-refractivity contribution in [2.75, 3.05) is 10.2 Å². The second-order valence-electron chi connectivity index (χ2n) is 10.3. The van der Waals surface area contributed by atoms with Gasteiger partial charge in [-0.25, -0.2) is 0 Å². The molecule has 2 nitrogen and oxygen atoms in total. The van der Waals surface area contributed by atoms with Gasteiger partial charge in [-0.15, -0.1) is 0 Å². The van der Waals surface area contributed by atoms with Gasteiger partial charge < -0.3 is 10.2 Å². The summed E-state index contributed by atoms with van der Waals surface area (Å²) in [5.74, 6) is 0. The fraction of sp³-hybridized carbons (Fsp3) is 0.188. The molecule has 0 fully saturated rings. The van der Waals surface area contributed by atoms with Gasteiger partial charge in [-0.05, 0) is 78.9 Å². The largest absolute Gasteiger partial charge is 0.375 e. The van der Waals surface area contributed by atoms with Crippen LogP contribution in [0.3, 0.4) is 0 Å². The van der Waals surface area contributed by atoms with Gasteiger partial charge in [-0.3, -0.25) is 0 Å². The molecule has 1 N–H and O–H groups in total. The lowest BCUT2D eigenvalue weighted by molar-refractivity contribution is 0.551. The van der Waals surface area contributed by atoms with Crippen LogP contribution in [0.1, 0.15) is 31.4 Å². The molecule has 0 aromatic heterocycles.